The van der Waals surface area contributed by atoms with Gasteiger partial charge in [-0.15, -0.1) is 0 Å². The Hall–Kier alpha value is -1.65. The number of carbonyl (C=O) groups is 1. The molecule has 0 aliphatic carbocycles. The largest absolute Gasteiger partial charge is 0.492 e. The molecule has 1 amide bonds. The SMILES string of the molecule is CCOc1ccc(N2C(=O)C(C)CS2(=O)=O)cc1S(=O)(=O)N1CCC(C)CC1. The molecule has 2 saturated heterocycles. The minimum atomic E-state index is -3.88. The molecule has 156 valence electrons. The van der Waals surface area contributed by atoms with Gasteiger partial charge in [-0.2, -0.15) is 4.31 Å². The summed E-state index contributed by atoms with van der Waals surface area (Å²) < 4.78 is 58.9. The van der Waals surface area contributed by atoms with Crippen LogP contribution in [0.5, 0.6) is 5.75 Å². The van der Waals surface area contributed by atoms with Crippen LogP contribution in [0.4, 0.5) is 5.69 Å². The van der Waals surface area contributed by atoms with Gasteiger partial charge in [-0.1, -0.05) is 13.8 Å². The number of hydrogen-bond donors (Lipinski definition) is 0. The number of carbonyl (C=O) groups excluding carboxylic acids is 1. The average molecular weight is 431 g/mol. The van der Waals surface area contributed by atoms with Crippen molar-refractivity contribution in [3.63, 3.8) is 0 Å². The Morgan fingerprint density at radius 2 is 1.82 bits per heavy atom. The predicted molar refractivity (Wildman–Crippen MR) is 105 cm³/mol. The van der Waals surface area contributed by atoms with E-state index in [1.807, 2.05) is 0 Å². The van der Waals surface area contributed by atoms with Crippen LogP contribution in [0.1, 0.15) is 33.6 Å². The zero-order valence-electron chi connectivity index (χ0n) is 16.3. The Morgan fingerprint density at radius 3 is 2.36 bits per heavy atom. The van der Waals surface area contributed by atoms with Crippen LogP contribution >= 0.6 is 0 Å². The molecule has 2 heterocycles. The standard InChI is InChI=1S/C18H26N2O6S2/c1-4-26-16-6-5-15(20-18(21)14(3)12-27(20,22)23)11-17(16)28(24,25)19-9-7-13(2)8-10-19/h5-6,11,13-14H,4,7-10,12H2,1-3H3. The summed E-state index contributed by atoms with van der Waals surface area (Å²) in [7, 11) is -7.71. The number of anilines is 1. The molecule has 2 fully saturated rings. The maximum Gasteiger partial charge on any atom is 0.246 e. The summed E-state index contributed by atoms with van der Waals surface area (Å²) in [6.07, 6.45) is 1.53. The van der Waals surface area contributed by atoms with Crippen LogP contribution in [0.3, 0.4) is 0 Å². The first-order chi connectivity index (χ1) is 13.1. The van der Waals surface area contributed by atoms with Crippen molar-refractivity contribution in [2.45, 2.75) is 38.5 Å². The zero-order valence-corrected chi connectivity index (χ0v) is 17.9. The van der Waals surface area contributed by atoms with Gasteiger partial charge in [0.1, 0.15) is 10.6 Å². The number of nitrogens with zero attached hydrogens (tertiary/aromatic N) is 2. The Morgan fingerprint density at radius 1 is 1.18 bits per heavy atom. The highest BCUT2D eigenvalue weighted by atomic mass is 32.2. The monoisotopic (exact) mass is 430 g/mol. The van der Waals surface area contributed by atoms with E-state index in [9.17, 15) is 21.6 Å². The van der Waals surface area contributed by atoms with E-state index in [0.29, 0.717) is 23.3 Å². The Balaban J connectivity index is 2.07. The zero-order chi connectivity index (χ0) is 20.7. The summed E-state index contributed by atoms with van der Waals surface area (Å²) in [6.45, 7) is 6.43. The molecule has 1 unspecified atom stereocenters. The summed E-state index contributed by atoms with van der Waals surface area (Å²) in [6, 6.07) is 4.08. The van der Waals surface area contributed by atoms with Gasteiger partial charge in [-0.3, -0.25) is 4.79 Å². The lowest BCUT2D eigenvalue weighted by molar-refractivity contribution is -0.119. The number of benzene rings is 1. The van der Waals surface area contributed by atoms with E-state index in [4.69, 9.17) is 4.74 Å². The number of ether oxygens (including phenoxy) is 1. The van der Waals surface area contributed by atoms with Crippen LogP contribution < -0.4 is 9.04 Å². The minimum Gasteiger partial charge on any atom is -0.492 e. The lowest BCUT2D eigenvalue weighted by Gasteiger charge is -2.30. The molecular weight excluding hydrogens is 404 g/mol. The van der Waals surface area contributed by atoms with Crippen LogP contribution in [0.15, 0.2) is 23.1 Å². The van der Waals surface area contributed by atoms with Crippen molar-refractivity contribution in [1.82, 2.24) is 4.31 Å². The van der Waals surface area contributed by atoms with Crippen molar-refractivity contribution in [2.75, 3.05) is 29.8 Å². The first-order valence-electron chi connectivity index (χ1n) is 9.41. The molecule has 0 saturated carbocycles. The second-order valence-electron chi connectivity index (χ2n) is 7.43. The van der Waals surface area contributed by atoms with Gasteiger partial charge in [-0.05, 0) is 43.9 Å². The highest BCUT2D eigenvalue weighted by molar-refractivity contribution is 7.94. The molecule has 0 radical (unpaired) electrons. The van der Waals surface area contributed by atoms with Crippen molar-refractivity contribution in [3.05, 3.63) is 18.2 Å². The van der Waals surface area contributed by atoms with E-state index in [1.165, 1.54) is 22.5 Å². The van der Waals surface area contributed by atoms with Gasteiger partial charge in [0.05, 0.1) is 24.0 Å². The van der Waals surface area contributed by atoms with Crippen LogP contribution in [0.2, 0.25) is 0 Å². The van der Waals surface area contributed by atoms with Gasteiger partial charge in [0.25, 0.3) is 0 Å². The van der Waals surface area contributed by atoms with Crippen molar-refractivity contribution >= 4 is 31.6 Å². The van der Waals surface area contributed by atoms with Gasteiger partial charge in [0.2, 0.25) is 26.0 Å². The number of sulfonamides is 2. The molecule has 3 rings (SSSR count). The van der Waals surface area contributed by atoms with E-state index < -0.39 is 31.9 Å². The van der Waals surface area contributed by atoms with Gasteiger partial charge >= 0.3 is 0 Å². The molecule has 0 aromatic heterocycles. The number of piperidine rings is 1. The lowest BCUT2D eigenvalue weighted by atomic mass is 10.0. The van der Waals surface area contributed by atoms with Gasteiger partial charge in [-0.25, -0.2) is 21.1 Å². The maximum atomic E-state index is 13.3. The third kappa shape index (κ3) is 3.77. The molecule has 8 nitrogen and oxygen atoms in total. The first kappa shape index (κ1) is 21.1. The van der Waals surface area contributed by atoms with Crippen LogP contribution in [-0.4, -0.2) is 52.5 Å². The third-order valence-corrected chi connectivity index (χ3v) is 8.97. The summed E-state index contributed by atoms with van der Waals surface area (Å²) in [4.78, 5) is 12.3. The van der Waals surface area contributed by atoms with Gasteiger partial charge in [0.15, 0.2) is 0 Å². The van der Waals surface area contributed by atoms with Crippen molar-refractivity contribution < 1.29 is 26.4 Å². The van der Waals surface area contributed by atoms with E-state index in [0.717, 1.165) is 12.8 Å². The molecule has 1 atom stereocenters. The highest BCUT2D eigenvalue weighted by Crippen LogP contribution is 2.36. The summed E-state index contributed by atoms with van der Waals surface area (Å²) >= 11 is 0. The van der Waals surface area contributed by atoms with E-state index in [1.54, 1.807) is 13.8 Å². The molecule has 10 heteroatoms. The maximum absolute atomic E-state index is 13.3. The molecule has 1 aromatic carbocycles. The number of rotatable bonds is 5. The smallest absolute Gasteiger partial charge is 0.246 e. The fourth-order valence-electron chi connectivity index (χ4n) is 3.55. The molecule has 0 N–H and O–H groups in total. The highest BCUT2D eigenvalue weighted by Gasteiger charge is 2.42. The molecule has 28 heavy (non-hydrogen) atoms. The second-order valence-corrected chi connectivity index (χ2v) is 11.2. The Kier molecular flexibility index (Phi) is 5.75. The topological polar surface area (TPSA) is 101 Å². The van der Waals surface area contributed by atoms with E-state index >= 15 is 0 Å². The summed E-state index contributed by atoms with van der Waals surface area (Å²) in [5.74, 6) is -0.898. The van der Waals surface area contributed by atoms with Crippen LogP contribution in [0.25, 0.3) is 0 Å². The van der Waals surface area contributed by atoms with Gasteiger partial charge < -0.3 is 4.74 Å². The molecule has 2 aliphatic heterocycles. The average Bonchev–Trinajstić information content (AvgIpc) is 2.83. The Labute approximate surface area is 166 Å². The summed E-state index contributed by atoms with van der Waals surface area (Å²) in [5.41, 5.74) is 0.0294. The third-order valence-electron chi connectivity index (χ3n) is 5.18. The lowest BCUT2D eigenvalue weighted by Crippen LogP contribution is -2.38. The van der Waals surface area contributed by atoms with Crippen LogP contribution in [-0.2, 0) is 24.8 Å². The molecule has 2 aliphatic rings. The van der Waals surface area contributed by atoms with E-state index in [-0.39, 0.29) is 28.7 Å². The minimum absolute atomic E-state index is 0.0294. The fraction of sp³-hybridized carbons (Fsp3) is 0.611. The Bertz CT molecular complexity index is 966. The number of hydrogen-bond acceptors (Lipinski definition) is 6. The fourth-order valence-corrected chi connectivity index (χ4v) is 6.98. The predicted octanol–water partition coefficient (Wildman–Crippen LogP) is 1.82. The molecule has 0 bridgehead atoms. The van der Waals surface area contributed by atoms with Crippen molar-refractivity contribution in [3.8, 4) is 5.75 Å². The molecule has 1 aromatic rings. The second kappa shape index (κ2) is 7.64. The summed E-state index contributed by atoms with van der Waals surface area (Å²) in [5, 5.41) is 0. The normalized spacial score (nSPS) is 23.9. The molecule has 0 spiro atoms. The first-order valence-corrected chi connectivity index (χ1v) is 12.5. The molecular formula is C18H26N2O6S2. The van der Waals surface area contributed by atoms with Crippen molar-refractivity contribution in [2.24, 2.45) is 11.8 Å². The van der Waals surface area contributed by atoms with Gasteiger partial charge in [0, 0.05) is 13.1 Å². The van der Waals surface area contributed by atoms with Crippen LogP contribution in [0, 0.1) is 11.8 Å². The van der Waals surface area contributed by atoms with E-state index in [2.05, 4.69) is 6.92 Å². The number of amides is 1. The van der Waals surface area contributed by atoms with Crippen molar-refractivity contribution in [1.29, 1.82) is 0 Å². The quantitative estimate of drug-likeness (QED) is 0.706.